The summed E-state index contributed by atoms with van der Waals surface area (Å²) in [4.78, 5) is 1.81. The summed E-state index contributed by atoms with van der Waals surface area (Å²) in [6.07, 6.45) is 38.1. The quantitative estimate of drug-likeness (QED) is 0.245. The average molecular weight is 980 g/mol. The SMILES string of the molecule is C1CCOC1.C1CCOC1.C[C]1[CH][CH][CH][CH]1.C[C]1[CH][CH][CH][CH]1.C[C]1[CH][CH][CH][CH]1.C[C]1[CH][CH][CH][CH]1.[S-]c1ccccc1.[S-]c1ccccc1.[Sm+3].[Sm+3]. The van der Waals surface area contributed by atoms with Gasteiger partial charge in [-0.1, -0.05) is 88.4 Å². The van der Waals surface area contributed by atoms with Crippen LogP contribution in [0.2, 0.25) is 0 Å². The van der Waals surface area contributed by atoms with E-state index in [9.17, 15) is 0 Å². The molecule has 262 valence electrons. The minimum atomic E-state index is 0. The summed E-state index contributed by atoms with van der Waals surface area (Å²) in [7, 11) is 0. The van der Waals surface area contributed by atoms with E-state index in [0.29, 0.717) is 0 Å². The van der Waals surface area contributed by atoms with E-state index >= 15 is 0 Å². The van der Waals surface area contributed by atoms with Gasteiger partial charge in [-0.15, -0.1) is 0 Å². The molecule has 0 aromatic heterocycles. The van der Waals surface area contributed by atoms with Crippen molar-refractivity contribution in [2.24, 2.45) is 0 Å². The third kappa shape index (κ3) is 37.8. The van der Waals surface area contributed by atoms with Crippen LogP contribution in [0.3, 0.4) is 0 Å². The van der Waals surface area contributed by atoms with Crippen molar-refractivity contribution in [3.8, 4) is 0 Å². The summed E-state index contributed by atoms with van der Waals surface area (Å²) in [6.45, 7) is 12.3. The Morgan fingerprint density at radius 3 is 0.640 bits per heavy atom. The fourth-order valence-electron chi connectivity index (χ4n) is 3.74. The van der Waals surface area contributed by atoms with Crippen molar-refractivity contribution in [1.82, 2.24) is 0 Å². The third-order valence-electron chi connectivity index (χ3n) is 6.46. The number of ether oxygens (including phenoxy) is 2. The molecule has 0 unspecified atom stereocenters. The summed E-state index contributed by atoms with van der Waals surface area (Å²) in [5.74, 6) is 5.37. The molecule has 2 aliphatic heterocycles. The maximum Gasteiger partial charge on any atom is 3.00 e. The maximum absolute atomic E-state index is 4.94. The zero-order chi connectivity index (χ0) is 34.9. The second-order valence-electron chi connectivity index (χ2n) is 11.1. The minimum absolute atomic E-state index is 0. The van der Waals surface area contributed by atoms with E-state index < -0.39 is 0 Å². The smallest absolute Gasteiger partial charge is 0.780 e. The van der Waals surface area contributed by atoms with Gasteiger partial charge in [-0.05, 0) is 152 Å². The van der Waals surface area contributed by atoms with Gasteiger partial charge in [0.1, 0.15) is 0 Å². The van der Waals surface area contributed by atoms with E-state index in [1.807, 2.05) is 112 Å². The second-order valence-corrected chi connectivity index (χ2v) is 12.1. The molecule has 4 aliphatic carbocycles. The van der Waals surface area contributed by atoms with Crippen molar-refractivity contribution >= 4 is 25.3 Å². The Kier molecular flexibility index (Phi) is 43.0. The van der Waals surface area contributed by atoms with E-state index in [2.05, 4.69) is 79.1 Å². The van der Waals surface area contributed by atoms with Gasteiger partial charge in [0.25, 0.3) is 0 Å². The Morgan fingerprint density at radius 2 is 0.560 bits per heavy atom. The molecule has 2 saturated heterocycles. The number of rotatable bonds is 0. The van der Waals surface area contributed by atoms with Gasteiger partial charge in [-0.3, -0.25) is 0 Å². The molecule has 6 fully saturated rings. The molecule has 2 aromatic rings. The third-order valence-corrected chi connectivity index (χ3v) is 7.00. The van der Waals surface area contributed by atoms with E-state index in [-0.39, 0.29) is 80.8 Å². The van der Waals surface area contributed by atoms with Crippen LogP contribution in [0.5, 0.6) is 0 Å². The summed E-state index contributed by atoms with van der Waals surface area (Å²) < 4.78 is 9.89. The van der Waals surface area contributed by atoms with Crippen LogP contribution in [0, 0.1) is 207 Å². The Morgan fingerprint density at radius 1 is 0.360 bits per heavy atom. The molecule has 0 bridgehead atoms. The molecule has 4 saturated carbocycles. The molecule has 0 amide bonds. The van der Waals surface area contributed by atoms with Gasteiger partial charge >= 0.3 is 80.8 Å². The fourth-order valence-corrected chi connectivity index (χ4v) is 4.06. The van der Waals surface area contributed by atoms with Crippen LogP contribution in [0.4, 0.5) is 0 Å². The molecular formula is C44H54O2S2Sm2+4. The summed E-state index contributed by atoms with van der Waals surface area (Å²) >= 11 is 9.62. The van der Waals surface area contributed by atoms with E-state index in [4.69, 9.17) is 34.7 Å². The predicted molar refractivity (Wildman–Crippen MR) is 209 cm³/mol. The Labute approximate surface area is 387 Å². The number of hydrogen-bond acceptors (Lipinski definition) is 4. The molecule has 50 heavy (non-hydrogen) atoms. The minimum Gasteiger partial charge on any atom is -0.780 e. The molecule has 2 nitrogen and oxygen atoms in total. The van der Waals surface area contributed by atoms with E-state index in [1.165, 1.54) is 49.4 Å². The van der Waals surface area contributed by atoms with Crippen molar-refractivity contribution in [2.75, 3.05) is 26.4 Å². The van der Waals surface area contributed by atoms with Gasteiger partial charge in [-0.2, -0.15) is 9.79 Å². The molecule has 2 aromatic carbocycles. The van der Waals surface area contributed by atoms with Crippen LogP contribution in [0.15, 0.2) is 70.5 Å². The molecule has 0 N–H and O–H groups in total. The molecule has 22 radical (unpaired) electrons. The Bertz CT molecular complexity index is 770. The maximum atomic E-state index is 4.94. The second kappa shape index (κ2) is 40.1. The molecule has 2 heterocycles. The molecular weight excluding hydrogens is 925 g/mol. The molecule has 6 aliphatic rings. The van der Waals surface area contributed by atoms with Crippen LogP contribution in [-0.4, -0.2) is 26.4 Å². The standard InChI is InChI=1S/2C6H6S.4C6H7.2C4H8O.2Sm/c2*7-6-4-2-1-3-5-6;4*1-6-4-2-3-5-6;2*1-2-4-5-3-1;;/h2*1-5,7H;4*2-5H,1H3;2*1-4H2;;/q;;;;;;;;2*+3/p-2. The van der Waals surface area contributed by atoms with Gasteiger partial charge in [0, 0.05) is 26.4 Å². The molecule has 0 atom stereocenters. The van der Waals surface area contributed by atoms with Crippen LogP contribution < -0.4 is 0 Å². The van der Waals surface area contributed by atoms with Gasteiger partial charge < -0.3 is 34.7 Å². The van der Waals surface area contributed by atoms with Crippen molar-refractivity contribution in [3.63, 3.8) is 0 Å². The number of hydrogen-bond donors (Lipinski definition) is 0. The first-order valence-electron chi connectivity index (χ1n) is 16.7. The first-order valence-corrected chi connectivity index (χ1v) is 17.5. The average Bonchev–Trinajstić information content (AvgIpc) is 3.93. The van der Waals surface area contributed by atoms with Gasteiger partial charge in [-0.25, -0.2) is 0 Å². The topological polar surface area (TPSA) is 18.5 Å². The van der Waals surface area contributed by atoms with Crippen molar-refractivity contribution in [2.45, 2.75) is 63.2 Å². The molecule has 0 spiro atoms. The van der Waals surface area contributed by atoms with Gasteiger partial charge in [0.2, 0.25) is 0 Å². The first-order chi connectivity index (χ1) is 23.4. The normalized spacial score (nSPS) is 19.4. The Hall–Kier alpha value is 1.48. The van der Waals surface area contributed by atoms with Crippen LogP contribution in [0.1, 0.15) is 53.4 Å². The largest absolute Gasteiger partial charge is 3.00 e. The number of benzene rings is 2. The van der Waals surface area contributed by atoms with Crippen molar-refractivity contribution in [3.05, 3.63) is 187 Å². The predicted octanol–water partition coefficient (Wildman–Crippen LogP) is 10.4. The fraction of sp³-hybridized carbons (Fsp3) is 0.273. The monoisotopic (exact) mass is 982 g/mol. The van der Waals surface area contributed by atoms with E-state index in [1.54, 1.807) is 0 Å². The van der Waals surface area contributed by atoms with Crippen molar-refractivity contribution < 1.29 is 90.3 Å². The van der Waals surface area contributed by atoms with Crippen LogP contribution in [0.25, 0.3) is 0 Å². The molecule has 6 heteroatoms. The zero-order valence-corrected chi connectivity index (χ0v) is 37.0. The van der Waals surface area contributed by atoms with Gasteiger partial charge in [0.05, 0.1) is 0 Å². The Balaban J connectivity index is 0. The summed E-state index contributed by atoms with van der Waals surface area (Å²) in [5, 5.41) is 0. The summed E-state index contributed by atoms with van der Waals surface area (Å²) in [6, 6.07) is 19.2. The summed E-state index contributed by atoms with van der Waals surface area (Å²) in [5.41, 5.74) is 0. The van der Waals surface area contributed by atoms with Gasteiger partial charge in [0.15, 0.2) is 0 Å². The molecule has 8 rings (SSSR count). The van der Waals surface area contributed by atoms with Crippen LogP contribution in [-0.2, 0) is 34.7 Å². The van der Waals surface area contributed by atoms with Crippen molar-refractivity contribution in [1.29, 1.82) is 0 Å². The zero-order valence-electron chi connectivity index (χ0n) is 30.1. The van der Waals surface area contributed by atoms with E-state index in [0.717, 1.165) is 36.2 Å². The first kappa shape index (κ1) is 53.6. The van der Waals surface area contributed by atoms with Crippen LogP contribution >= 0.6 is 0 Å².